The summed E-state index contributed by atoms with van der Waals surface area (Å²) in [5, 5.41) is 0. The molecule has 0 radical (unpaired) electrons. The average Bonchev–Trinajstić information content (AvgIpc) is 2.18. The van der Waals surface area contributed by atoms with E-state index in [2.05, 4.69) is 25.6 Å². The summed E-state index contributed by atoms with van der Waals surface area (Å²) in [5.41, 5.74) is 1.25. The van der Waals surface area contributed by atoms with E-state index >= 15 is 0 Å². The molecule has 1 rings (SSSR count). The van der Waals surface area contributed by atoms with Crippen molar-refractivity contribution in [1.29, 1.82) is 0 Å². The summed E-state index contributed by atoms with van der Waals surface area (Å²) in [6.45, 7) is 8.60. The molecule has 0 bridgehead atoms. The highest BCUT2D eigenvalue weighted by Crippen LogP contribution is 2.21. The van der Waals surface area contributed by atoms with E-state index < -0.39 is 0 Å². The van der Waals surface area contributed by atoms with Gasteiger partial charge in [0.2, 0.25) is 0 Å². The van der Waals surface area contributed by atoms with E-state index in [9.17, 15) is 0 Å². The molecule has 0 fully saturated rings. The highest BCUT2D eigenvalue weighted by molar-refractivity contribution is 5.32. The Kier molecular flexibility index (Phi) is 3.56. The molecule has 0 aliphatic rings. The first kappa shape index (κ1) is 9.85. The normalized spacial score (nSPS) is 12.2. The number of ether oxygens (including phenoxy) is 1. The Morgan fingerprint density at radius 3 is 2.92 bits per heavy atom. The molecule has 1 aromatic rings. The second kappa shape index (κ2) is 4.70. The molecule has 1 aromatic carbocycles. The van der Waals surface area contributed by atoms with Crippen molar-refractivity contribution < 1.29 is 4.74 Å². The van der Waals surface area contributed by atoms with Gasteiger partial charge in [-0.15, -0.1) is 6.58 Å². The van der Waals surface area contributed by atoms with Crippen LogP contribution < -0.4 is 4.74 Å². The summed E-state index contributed by atoms with van der Waals surface area (Å²) >= 11 is 0. The minimum Gasteiger partial charge on any atom is -0.494 e. The molecule has 0 aromatic heterocycles. The maximum Gasteiger partial charge on any atom is 0.119 e. The quantitative estimate of drug-likeness (QED) is 0.639. The van der Waals surface area contributed by atoms with E-state index in [4.69, 9.17) is 4.74 Å². The minimum atomic E-state index is 0.389. The van der Waals surface area contributed by atoms with Crippen molar-refractivity contribution >= 4 is 0 Å². The zero-order valence-corrected chi connectivity index (χ0v) is 8.29. The van der Waals surface area contributed by atoms with E-state index in [0.717, 1.165) is 5.75 Å². The summed E-state index contributed by atoms with van der Waals surface area (Å²) in [7, 11) is 0. The van der Waals surface area contributed by atoms with Gasteiger partial charge >= 0.3 is 0 Å². The van der Waals surface area contributed by atoms with Crippen LogP contribution in [0.4, 0.5) is 0 Å². The van der Waals surface area contributed by atoms with Crippen molar-refractivity contribution in [1.82, 2.24) is 0 Å². The van der Waals surface area contributed by atoms with Gasteiger partial charge in [0.15, 0.2) is 0 Å². The standard InChI is InChI=1S/C12H16O/c1-4-10(3)11-7-6-8-12(9-11)13-5-2/h4,6-10H,1,5H2,2-3H3. The van der Waals surface area contributed by atoms with Crippen molar-refractivity contribution in [3.05, 3.63) is 42.5 Å². The summed E-state index contributed by atoms with van der Waals surface area (Å²) in [5.74, 6) is 1.33. The van der Waals surface area contributed by atoms with Crippen LogP contribution in [0.25, 0.3) is 0 Å². The van der Waals surface area contributed by atoms with E-state index in [1.165, 1.54) is 5.56 Å². The number of allylic oxidation sites excluding steroid dienone is 1. The highest BCUT2D eigenvalue weighted by atomic mass is 16.5. The molecule has 0 aliphatic carbocycles. The van der Waals surface area contributed by atoms with Crippen LogP contribution in [0.5, 0.6) is 5.75 Å². The Morgan fingerprint density at radius 1 is 1.54 bits per heavy atom. The molecule has 0 spiro atoms. The third-order valence-corrected chi connectivity index (χ3v) is 2.05. The van der Waals surface area contributed by atoms with Crippen molar-refractivity contribution in [2.24, 2.45) is 0 Å². The van der Waals surface area contributed by atoms with Gasteiger partial charge in [-0.05, 0) is 30.5 Å². The summed E-state index contributed by atoms with van der Waals surface area (Å²) in [4.78, 5) is 0. The van der Waals surface area contributed by atoms with E-state index in [1.807, 2.05) is 25.1 Å². The lowest BCUT2D eigenvalue weighted by Crippen LogP contribution is -1.93. The van der Waals surface area contributed by atoms with Crippen LogP contribution in [0.2, 0.25) is 0 Å². The average molecular weight is 176 g/mol. The molecule has 1 unspecified atom stereocenters. The second-order valence-electron chi connectivity index (χ2n) is 3.03. The van der Waals surface area contributed by atoms with Crippen LogP contribution in [-0.4, -0.2) is 6.61 Å². The number of rotatable bonds is 4. The molecule has 0 heterocycles. The van der Waals surface area contributed by atoms with Crippen molar-refractivity contribution in [3.63, 3.8) is 0 Å². The fraction of sp³-hybridized carbons (Fsp3) is 0.333. The van der Waals surface area contributed by atoms with Gasteiger partial charge in [0.25, 0.3) is 0 Å². The van der Waals surface area contributed by atoms with Crippen LogP contribution in [-0.2, 0) is 0 Å². The number of benzene rings is 1. The van der Waals surface area contributed by atoms with Gasteiger partial charge in [-0.2, -0.15) is 0 Å². The Hall–Kier alpha value is -1.24. The van der Waals surface area contributed by atoms with E-state index in [0.29, 0.717) is 12.5 Å². The predicted octanol–water partition coefficient (Wildman–Crippen LogP) is 3.37. The first-order valence-corrected chi connectivity index (χ1v) is 4.63. The van der Waals surface area contributed by atoms with Gasteiger partial charge < -0.3 is 4.74 Å². The lowest BCUT2D eigenvalue weighted by Gasteiger charge is -2.08. The van der Waals surface area contributed by atoms with Crippen LogP contribution in [0.3, 0.4) is 0 Å². The smallest absolute Gasteiger partial charge is 0.119 e. The first-order chi connectivity index (χ1) is 6.27. The molecular weight excluding hydrogens is 160 g/mol. The maximum absolute atomic E-state index is 5.41. The van der Waals surface area contributed by atoms with Crippen molar-refractivity contribution in [2.75, 3.05) is 6.61 Å². The predicted molar refractivity (Wildman–Crippen MR) is 56.2 cm³/mol. The topological polar surface area (TPSA) is 9.23 Å². The lowest BCUT2D eigenvalue weighted by atomic mass is 10.0. The van der Waals surface area contributed by atoms with Crippen molar-refractivity contribution in [2.45, 2.75) is 19.8 Å². The summed E-state index contributed by atoms with van der Waals surface area (Å²) in [6, 6.07) is 8.15. The van der Waals surface area contributed by atoms with Crippen LogP contribution in [0, 0.1) is 0 Å². The molecule has 0 N–H and O–H groups in total. The van der Waals surface area contributed by atoms with E-state index in [-0.39, 0.29) is 0 Å². The highest BCUT2D eigenvalue weighted by Gasteiger charge is 2.01. The van der Waals surface area contributed by atoms with Crippen molar-refractivity contribution in [3.8, 4) is 5.75 Å². The Bertz CT molecular complexity index is 278. The third kappa shape index (κ3) is 2.62. The molecule has 1 heteroatoms. The fourth-order valence-electron chi connectivity index (χ4n) is 1.19. The summed E-state index contributed by atoms with van der Waals surface area (Å²) in [6.07, 6.45) is 1.94. The molecular formula is C12H16O. The number of hydrogen-bond donors (Lipinski definition) is 0. The minimum absolute atomic E-state index is 0.389. The van der Waals surface area contributed by atoms with Gasteiger partial charge in [-0.1, -0.05) is 25.1 Å². The summed E-state index contributed by atoms with van der Waals surface area (Å²) < 4.78 is 5.41. The largest absolute Gasteiger partial charge is 0.494 e. The molecule has 1 atom stereocenters. The molecule has 1 nitrogen and oxygen atoms in total. The van der Waals surface area contributed by atoms with Crippen LogP contribution >= 0.6 is 0 Å². The van der Waals surface area contributed by atoms with E-state index in [1.54, 1.807) is 0 Å². The lowest BCUT2D eigenvalue weighted by molar-refractivity contribution is 0.340. The van der Waals surface area contributed by atoms with Gasteiger partial charge in [-0.3, -0.25) is 0 Å². The molecule has 0 aliphatic heterocycles. The monoisotopic (exact) mass is 176 g/mol. The molecule has 70 valence electrons. The molecule has 0 saturated carbocycles. The van der Waals surface area contributed by atoms with Gasteiger partial charge in [0.1, 0.15) is 5.75 Å². The number of hydrogen-bond acceptors (Lipinski definition) is 1. The maximum atomic E-state index is 5.41. The molecule has 0 saturated heterocycles. The van der Waals surface area contributed by atoms with Gasteiger partial charge in [0, 0.05) is 0 Å². The Morgan fingerprint density at radius 2 is 2.31 bits per heavy atom. The second-order valence-corrected chi connectivity index (χ2v) is 3.03. The Balaban J connectivity index is 2.84. The van der Waals surface area contributed by atoms with Crippen LogP contribution in [0.15, 0.2) is 36.9 Å². The fourth-order valence-corrected chi connectivity index (χ4v) is 1.19. The third-order valence-electron chi connectivity index (χ3n) is 2.05. The zero-order valence-electron chi connectivity index (χ0n) is 8.29. The molecule has 0 amide bonds. The zero-order chi connectivity index (χ0) is 9.68. The van der Waals surface area contributed by atoms with Crippen LogP contribution in [0.1, 0.15) is 25.3 Å². The molecule has 13 heavy (non-hydrogen) atoms. The Labute approximate surface area is 80.0 Å². The van der Waals surface area contributed by atoms with Gasteiger partial charge in [-0.25, -0.2) is 0 Å². The van der Waals surface area contributed by atoms with Gasteiger partial charge in [0.05, 0.1) is 6.61 Å². The SMILES string of the molecule is C=CC(C)c1cccc(OCC)c1. The first-order valence-electron chi connectivity index (χ1n) is 4.63.